The highest BCUT2D eigenvalue weighted by atomic mass is 16.5. The zero-order chi connectivity index (χ0) is 18.0. The van der Waals surface area contributed by atoms with Gasteiger partial charge in [-0.05, 0) is 44.2 Å². The number of guanidine groups is 1. The largest absolute Gasteiger partial charge is 0.490 e. The number of hydrogen-bond donors (Lipinski definition) is 1. The van der Waals surface area contributed by atoms with Crippen LogP contribution in [0.3, 0.4) is 0 Å². The Morgan fingerprint density at radius 3 is 2.62 bits per heavy atom. The van der Waals surface area contributed by atoms with Crippen LogP contribution in [0, 0.1) is 5.92 Å². The Labute approximate surface area is 157 Å². The van der Waals surface area contributed by atoms with E-state index < -0.39 is 0 Å². The maximum absolute atomic E-state index is 6.09. The van der Waals surface area contributed by atoms with Gasteiger partial charge in [-0.15, -0.1) is 0 Å². The van der Waals surface area contributed by atoms with Gasteiger partial charge in [0.25, 0.3) is 0 Å². The van der Waals surface area contributed by atoms with Crippen LogP contribution in [0.2, 0.25) is 0 Å². The Bertz CT molecular complexity index is 537. The Morgan fingerprint density at radius 2 is 1.92 bits per heavy atom. The molecule has 1 aliphatic heterocycles. The molecule has 26 heavy (non-hydrogen) atoms. The average molecular weight is 360 g/mol. The molecule has 0 bridgehead atoms. The maximum Gasteiger partial charge on any atom is 0.193 e. The third-order valence-electron chi connectivity index (χ3n) is 4.88. The van der Waals surface area contributed by atoms with Crippen LogP contribution in [0.4, 0.5) is 0 Å². The Kier molecular flexibility index (Phi) is 7.62. The third kappa shape index (κ3) is 6.52. The molecule has 1 N–H and O–H groups in total. The molecule has 1 heterocycles. The molecule has 5 nitrogen and oxygen atoms in total. The van der Waals surface area contributed by atoms with Crippen molar-refractivity contribution in [2.45, 2.75) is 45.1 Å². The molecule has 1 saturated heterocycles. The summed E-state index contributed by atoms with van der Waals surface area (Å²) in [6.07, 6.45) is 6.06. The molecule has 0 aromatic heterocycles. The predicted molar refractivity (Wildman–Crippen MR) is 106 cm³/mol. The van der Waals surface area contributed by atoms with Crippen molar-refractivity contribution in [3.63, 3.8) is 0 Å². The topological polar surface area (TPSA) is 46.1 Å². The zero-order valence-corrected chi connectivity index (χ0v) is 16.0. The van der Waals surface area contributed by atoms with Crippen LogP contribution >= 0.6 is 0 Å². The molecule has 1 saturated carbocycles. The first-order valence-corrected chi connectivity index (χ1v) is 10.2. The monoisotopic (exact) mass is 359 g/mol. The van der Waals surface area contributed by atoms with Gasteiger partial charge >= 0.3 is 0 Å². The number of benzene rings is 1. The molecular formula is C21H33N3O2. The van der Waals surface area contributed by atoms with Gasteiger partial charge in [-0.25, -0.2) is 0 Å². The van der Waals surface area contributed by atoms with E-state index in [1.807, 2.05) is 30.3 Å². The molecule has 1 aromatic carbocycles. The van der Waals surface area contributed by atoms with E-state index in [4.69, 9.17) is 14.5 Å². The van der Waals surface area contributed by atoms with Crippen LogP contribution in [0.1, 0.15) is 39.0 Å². The van der Waals surface area contributed by atoms with E-state index >= 15 is 0 Å². The fourth-order valence-electron chi connectivity index (χ4n) is 3.19. The molecule has 0 amide bonds. The second kappa shape index (κ2) is 10.4. The fourth-order valence-corrected chi connectivity index (χ4v) is 3.19. The number of ether oxygens (including phenoxy) is 2. The minimum Gasteiger partial charge on any atom is -0.490 e. The number of aliphatic imine (C=N–C) groups is 1. The van der Waals surface area contributed by atoms with Gasteiger partial charge in [0, 0.05) is 52.2 Å². The van der Waals surface area contributed by atoms with E-state index in [2.05, 4.69) is 17.1 Å². The summed E-state index contributed by atoms with van der Waals surface area (Å²) in [6, 6.07) is 10.1. The predicted octanol–water partition coefficient (Wildman–Crippen LogP) is 3.31. The molecular weight excluding hydrogens is 326 g/mol. The second-order valence-corrected chi connectivity index (χ2v) is 7.22. The molecule has 1 aromatic rings. The number of likely N-dealkylation sites (tertiary alicyclic amines) is 1. The first-order chi connectivity index (χ1) is 12.8. The van der Waals surface area contributed by atoms with Crippen LogP contribution in [0.15, 0.2) is 35.3 Å². The standard InChI is InChI=1S/C21H33N3O2/c1-2-22-21(23-13-6-16-25-17-18-9-10-18)24-14-11-20(12-15-24)26-19-7-4-3-5-8-19/h3-5,7-8,18,20H,2,6,9-17H2,1H3,(H,22,23). The van der Waals surface area contributed by atoms with E-state index in [1.165, 1.54) is 12.8 Å². The number of nitrogens with zero attached hydrogens (tertiary/aromatic N) is 2. The number of piperidine rings is 1. The van der Waals surface area contributed by atoms with Crippen LogP contribution in [0.25, 0.3) is 0 Å². The van der Waals surface area contributed by atoms with E-state index in [9.17, 15) is 0 Å². The molecule has 1 aliphatic carbocycles. The van der Waals surface area contributed by atoms with Crippen LogP contribution in [0.5, 0.6) is 5.75 Å². The lowest BCUT2D eigenvalue weighted by molar-refractivity contribution is 0.123. The van der Waals surface area contributed by atoms with Crippen molar-refractivity contribution in [2.75, 3.05) is 39.4 Å². The molecule has 0 atom stereocenters. The smallest absolute Gasteiger partial charge is 0.193 e. The van der Waals surface area contributed by atoms with Crippen molar-refractivity contribution < 1.29 is 9.47 Å². The third-order valence-corrected chi connectivity index (χ3v) is 4.88. The molecule has 2 aliphatic rings. The van der Waals surface area contributed by atoms with E-state index in [0.717, 1.165) is 76.3 Å². The van der Waals surface area contributed by atoms with Gasteiger partial charge in [0.2, 0.25) is 0 Å². The van der Waals surface area contributed by atoms with Gasteiger partial charge in [0.15, 0.2) is 5.96 Å². The van der Waals surface area contributed by atoms with E-state index in [0.29, 0.717) is 6.10 Å². The van der Waals surface area contributed by atoms with Crippen molar-refractivity contribution in [1.82, 2.24) is 10.2 Å². The molecule has 2 fully saturated rings. The van der Waals surface area contributed by atoms with Crippen LogP contribution in [-0.4, -0.2) is 56.4 Å². The lowest BCUT2D eigenvalue weighted by Gasteiger charge is -2.34. The lowest BCUT2D eigenvalue weighted by Crippen LogP contribution is -2.47. The summed E-state index contributed by atoms with van der Waals surface area (Å²) in [4.78, 5) is 7.15. The van der Waals surface area contributed by atoms with Gasteiger partial charge < -0.3 is 19.7 Å². The van der Waals surface area contributed by atoms with Gasteiger partial charge in [0.05, 0.1) is 0 Å². The first kappa shape index (κ1) is 19.0. The zero-order valence-electron chi connectivity index (χ0n) is 16.0. The number of nitrogens with one attached hydrogen (secondary N) is 1. The second-order valence-electron chi connectivity index (χ2n) is 7.22. The maximum atomic E-state index is 6.09. The van der Waals surface area contributed by atoms with E-state index in [1.54, 1.807) is 0 Å². The lowest BCUT2D eigenvalue weighted by atomic mass is 10.1. The van der Waals surface area contributed by atoms with Crippen molar-refractivity contribution in [2.24, 2.45) is 10.9 Å². The summed E-state index contributed by atoms with van der Waals surface area (Å²) in [6.45, 7) is 7.60. The van der Waals surface area contributed by atoms with Gasteiger partial charge in [-0.2, -0.15) is 0 Å². The summed E-state index contributed by atoms with van der Waals surface area (Å²) < 4.78 is 11.8. The fraction of sp³-hybridized carbons (Fsp3) is 0.667. The highest BCUT2D eigenvalue weighted by Gasteiger charge is 2.23. The van der Waals surface area contributed by atoms with Gasteiger partial charge in [-0.3, -0.25) is 4.99 Å². The molecule has 0 unspecified atom stereocenters. The first-order valence-electron chi connectivity index (χ1n) is 10.2. The number of para-hydroxylation sites is 1. The Balaban J connectivity index is 1.38. The molecule has 3 rings (SSSR count). The van der Waals surface area contributed by atoms with Crippen molar-refractivity contribution in [3.8, 4) is 5.75 Å². The Morgan fingerprint density at radius 1 is 1.15 bits per heavy atom. The summed E-state index contributed by atoms with van der Waals surface area (Å²) in [5, 5.41) is 3.43. The minimum absolute atomic E-state index is 0.298. The molecule has 5 heteroatoms. The van der Waals surface area contributed by atoms with E-state index in [-0.39, 0.29) is 0 Å². The summed E-state index contributed by atoms with van der Waals surface area (Å²) in [7, 11) is 0. The normalized spacial score (nSPS) is 18.8. The summed E-state index contributed by atoms with van der Waals surface area (Å²) >= 11 is 0. The number of hydrogen-bond acceptors (Lipinski definition) is 3. The molecule has 0 radical (unpaired) electrons. The highest BCUT2D eigenvalue weighted by molar-refractivity contribution is 5.80. The van der Waals surface area contributed by atoms with Gasteiger partial charge in [-0.1, -0.05) is 18.2 Å². The summed E-state index contributed by atoms with van der Waals surface area (Å²) in [5.74, 6) is 2.85. The van der Waals surface area contributed by atoms with Crippen molar-refractivity contribution in [3.05, 3.63) is 30.3 Å². The quantitative estimate of drug-likeness (QED) is 0.417. The van der Waals surface area contributed by atoms with Crippen LogP contribution in [-0.2, 0) is 4.74 Å². The summed E-state index contributed by atoms with van der Waals surface area (Å²) in [5.41, 5.74) is 0. The van der Waals surface area contributed by atoms with Crippen LogP contribution < -0.4 is 10.1 Å². The van der Waals surface area contributed by atoms with Crippen molar-refractivity contribution in [1.29, 1.82) is 0 Å². The highest BCUT2D eigenvalue weighted by Crippen LogP contribution is 2.28. The van der Waals surface area contributed by atoms with Gasteiger partial charge in [0.1, 0.15) is 11.9 Å². The molecule has 0 spiro atoms. The number of rotatable bonds is 9. The SMILES string of the molecule is CCNC(=NCCCOCC1CC1)N1CCC(Oc2ccccc2)CC1. The average Bonchev–Trinajstić information content (AvgIpc) is 3.50. The molecule has 144 valence electrons. The minimum atomic E-state index is 0.298. The van der Waals surface area contributed by atoms with Crippen molar-refractivity contribution >= 4 is 5.96 Å². The Hall–Kier alpha value is -1.75.